The Kier molecular flexibility index (Phi) is 1.42. The van der Waals surface area contributed by atoms with E-state index >= 15 is 0 Å². The maximum Gasteiger partial charge on any atom is 0.135 e. The fourth-order valence-electron chi connectivity index (χ4n) is 0.558. The van der Waals surface area contributed by atoms with Crippen LogP contribution in [0.2, 0.25) is 0 Å². The van der Waals surface area contributed by atoms with E-state index in [4.69, 9.17) is 0 Å². The lowest BCUT2D eigenvalue weighted by Gasteiger charge is -2.13. The van der Waals surface area contributed by atoms with Gasteiger partial charge in [-0.15, -0.1) is 0 Å². The molecule has 2 heteroatoms. The van der Waals surface area contributed by atoms with Crippen molar-refractivity contribution in [1.29, 1.82) is 0 Å². The molecule has 0 aromatic carbocycles. The maximum absolute atomic E-state index is 12.0. The van der Waals surface area contributed by atoms with Crippen LogP contribution in [-0.2, 0) is 0 Å². The van der Waals surface area contributed by atoms with Crippen LogP contribution in [0.1, 0.15) is 6.42 Å². The van der Waals surface area contributed by atoms with E-state index in [-0.39, 0.29) is 12.2 Å². The third-order valence-corrected chi connectivity index (χ3v) is 1.22. The first-order valence-electron chi connectivity index (χ1n) is 2.47. The van der Waals surface area contributed by atoms with Crippen LogP contribution in [0.25, 0.3) is 0 Å². The molecule has 0 radical (unpaired) electrons. The Balaban J connectivity index is 2.48. The topological polar surface area (TPSA) is 0 Å². The number of rotatable bonds is 1. The molecular formula is C6H6F2. The predicted octanol–water partition coefficient (Wildman–Crippen LogP) is 2.34. The number of halogens is 2. The van der Waals surface area contributed by atoms with Crippen molar-refractivity contribution >= 4 is 0 Å². The summed E-state index contributed by atoms with van der Waals surface area (Å²) in [5.41, 5.74) is 0. The van der Waals surface area contributed by atoms with Crippen molar-refractivity contribution < 1.29 is 8.78 Å². The molecule has 0 saturated carbocycles. The van der Waals surface area contributed by atoms with Crippen molar-refractivity contribution in [2.24, 2.45) is 5.92 Å². The van der Waals surface area contributed by atoms with Crippen LogP contribution in [0, 0.1) is 5.92 Å². The van der Waals surface area contributed by atoms with Gasteiger partial charge < -0.3 is 0 Å². The molecule has 8 heavy (non-hydrogen) atoms. The quantitative estimate of drug-likeness (QED) is 0.461. The van der Waals surface area contributed by atoms with Crippen molar-refractivity contribution in [1.82, 2.24) is 0 Å². The van der Waals surface area contributed by atoms with Gasteiger partial charge in [0.2, 0.25) is 0 Å². The Morgan fingerprint density at radius 3 is 2.50 bits per heavy atom. The van der Waals surface area contributed by atoms with Crippen LogP contribution >= 0.6 is 0 Å². The van der Waals surface area contributed by atoms with E-state index < -0.39 is 5.83 Å². The summed E-state index contributed by atoms with van der Waals surface area (Å²) < 4.78 is 23.3. The Bertz CT molecular complexity index is 135. The van der Waals surface area contributed by atoms with Gasteiger partial charge in [-0.3, -0.25) is 0 Å². The molecule has 1 unspecified atom stereocenters. The highest BCUT2D eigenvalue weighted by molar-refractivity contribution is 5.14. The summed E-state index contributed by atoms with van der Waals surface area (Å²) in [4.78, 5) is 0. The van der Waals surface area contributed by atoms with E-state index in [0.717, 1.165) is 0 Å². The second kappa shape index (κ2) is 2.07. The van der Waals surface area contributed by atoms with Crippen LogP contribution in [-0.4, -0.2) is 0 Å². The first-order chi connectivity index (χ1) is 3.84. The lowest BCUT2D eigenvalue weighted by Crippen LogP contribution is -2.02. The van der Waals surface area contributed by atoms with Crippen LogP contribution in [0.3, 0.4) is 0 Å². The second-order valence-corrected chi connectivity index (χ2v) is 1.76. The van der Waals surface area contributed by atoms with Crippen LogP contribution in [0.5, 0.6) is 0 Å². The van der Waals surface area contributed by atoms with Gasteiger partial charge in [-0.2, -0.15) is 0 Å². The first-order valence-corrected chi connectivity index (χ1v) is 2.47. The molecule has 0 saturated heterocycles. The molecule has 0 spiro atoms. The zero-order valence-electron chi connectivity index (χ0n) is 4.27. The fraction of sp³-hybridized carbons (Fsp3) is 0.333. The molecule has 0 heterocycles. The molecule has 0 nitrogen and oxygen atoms in total. The fourth-order valence-corrected chi connectivity index (χ4v) is 0.558. The van der Waals surface area contributed by atoms with Gasteiger partial charge in [0, 0.05) is 5.92 Å². The van der Waals surface area contributed by atoms with Crippen molar-refractivity contribution in [3.63, 3.8) is 0 Å². The Hall–Kier alpha value is -0.660. The molecule has 0 bridgehead atoms. The van der Waals surface area contributed by atoms with Crippen LogP contribution in [0.4, 0.5) is 8.78 Å². The lowest BCUT2D eigenvalue weighted by atomic mass is 9.95. The average molecular weight is 116 g/mol. The molecule has 1 atom stereocenters. The molecule has 0 N–H and O–H groups in total. The molecule has 0 aliphatic heterocycles. The van der Waals surface area contributed by atoms with Crippen molar-refractivity contribution in [2.75, 3.05) is 0 Å². The monoisotopic (exact) mass is 116 g/mol. The molecule has 1 aliphatic rings. The van der Waals surface area contributed by atoms with E-state index in [1.807, 2.05) is 6.08 Å². The normalized spacial score (nSPS) is 27.8. The highest BCUT2D eigenvalue weighted by Crippen LogP contribution is 2.25. The Labute approximate surface area is 46.5 Å². The molecule has 1 aliphatic carbocycles. The van der Waals surface area contributed by atoms with Crippen molar-refractivity contribution in [2.45, 2.75) is 6.42 Å². The Morgan fingerprint density at radius 1 is 1.75 bits per heavy atom. The zero-order valence-corrected chi connectivity index (χ0v) is 4.27. The predicted molar refractivity (Wildman–Crippen MR) is 27.5 cm³/mol. The van der Waals surface area contributed by atoms with Crippen LogP contribution < -0.4 is 0 Å². The molecule has 0 fully saturated rings. The number of hydrogen-bond donors (Lipinski definition) is 0. The van der Waals surface area contributed by atoms with E-state index in [9.17, 15) is 8.78 Å². The molecule has 0 aromatic rings. The summed E-state index contributed by atoms with van der Waals surface area (Å²) in [6.45, 7) is 0. The zero-order chi connectivity index (χ0) is 5.98. The van der Waals surface area contributed by atoms with E-state index in [2.05, 4.69) is 0 Å². The standard InChI is InChI=1S/C6H6F2/c7-4-6(8)5-2-1-3-5/h1-2,4-5H,3H2/b6-4-. The highest BCUT2D eigenvalue weighted by Gasteiger charge is 2.14. The first kappa shape index (κ1) is 5.48. The molecule has 1 rings (SSSR count). The van der Waals surface area contributed by atoms with Gasteiger partial charge in [-0.25, -0.2) is 8.78 Å². The van der Waals surface area contributed by atoms with Crippen molar-refractivity contribution in [3.8, 4) is 0 Å². The van der Waals surface area contributed by atoms with Gasteiger partial charge in [-0.05, 0) is 6.42 Å². The summed E-state index contributed by atoms with van der Waals surface area (Å²) in [5, 5.41) is 0. The third kappa shape index (κ3) is 0.782. The van der Waals surface area contributed by atoms with Gasteiger partial charge >= 0.3 is 0 Å². The second-order valence-electron chi connectivity index (χ2n) is 1.76. The minimum absolute atomic E-state index is 0.0220. The van der Waals surface area contributed by atoms with Gasteiger partial charge in [0.25, 0.3) is 0 Å². The summed E-state index contributed by atoms with van der Waals surface area (Å²) in [6.07, 6.45) is 4.12. The third-order valence-electron chi connectivity index (χ3n) is 1.22. The summed E-state index contributed by atoms with van der Waals surface area (Å²) >= 11 is 0. The SMILES string of the molecule is F/C=C(\F)C1C=CC1. The van der Waals surface area contributed by atoms with E-state index in [1.165, 1.54) is 0 Å². The summed E-state index contributed by atoms with van der Waals surface area (Å²) in [6, 6.07) is 0. The van der Waals surface area contributed by atoms with E-state index in [0.29, 0.717) is 6.42 Å². The number of hydrogen-bond acceptors (Lipinski definition) is 0. The van der Waals surface area contributed by atoms with Crippen LogP contribution in [0.15, 0.2) is 24.3 Å². The summed E-state index contributed by atoms with van der Waals surface area (Å²) in [5.74, 6) is -0.924. The molecule has 0 aromatic heterocycles. The molecule has 0 amide bonds. The Morgan fingerprint density at radius 2 is 2.38 bits per heavy atom. The van der Waals surface area contributed by atoms with Crippen molar-refractivity contribution in [3.05, 3.63) is 24.3 Å². The average Bonchev–Trinajstić information content (AvgIpc) is 1.62. The minimum atomic E-state index is -0.660. The maximum atomic E-state index is 12.0. The molecular weight excluding hydrogens is 110 g/mol. The summed E-state index contributed by atoms with van der Waals surface area (Å²) in [7, 11) is 0. The highest BCUT2D eigenvalue weighted by atomic mass is 19.2. The van der Waals surface area contributed by atoms with E-state index in [1.54, 1.807) is 6.08 Å². The van der Waals surface area contributed by atoms with Gasteiger partial charge in [0.05, 0.1) is 0 Å². The smallest absolute Gasteiger partial charge is 0.135 e. The van der Waals surface area contributed by atoms with Gasteiger partial charge in [-0.1, -0.05) is 12.2 Å². The van der Waals surface area contributed by atoms with Gasteiger partial charge in [0.1, 0.15) is 12.2 Å². The van der Waals surface area contributed by atoms with Gasteiger partial charge in [0.15, 0.2) is 0 Å². The lowest BCUT2D eigenvalue weighted by molar-refractivity contribution is 0.479. The minimum Gasteiger partial charge on any atom is -0.213 e. The molecule has 44 valence electrons. The number of allylic oxidation sites excluding steroid dienone is 3. The largest absolute Gasteiger partial charge is 0.213 e.